The molecule has 0 aliphatic rings. The van der Waals surface area contributed by atoms with E-state index >= 15 is 0 Å². The summed E-state index contributed by atoms with van der Waals surface area (Å²) in [6.07, 6.45) is 1.35. The number of amides is 1. The van der Waals surface area contributed by atoms with E-state index in [1.165, 1.54) is 0 Å². The second-order valence-corrected chi connectivity index (χ2v) is 1.75. The lowest BCUT2D eigenvalue weighted by Crippen LogP contribution is -2.36. The van der Waals surface area contributed by atoms with Gasteiger partial charge in [-0.05, 0) is 6.42 Å². The fraction of sp³-hybridized carbons (Fsp3) is 0.600. The number of nitrogens with two attached hydrogens (primary N) is 2. The standard InChI is InChI=1S/C5H10N2O2/c6-4(5(7)9)2-1-3-8/h3-4H,1-2,6H2,(H2,7,9)/t4-/m1/s1. The van der Waals surface area contributed by atoms with E-state index < -0.39 is 11.9 Å². The van der Waals surface area contributed by atoms with E-state index in [2.05, 4.69) is 0 Å². The average Bonchev–Trinajstić information content (AvgIpc) is 1.82. The molecular weight excluding hydrogens is 120 g/mol. The van der Waals surface area contributed by atoms with Gasteiger partial charge in [-0.25, -0.2) is 0 Å². The summed E-state index contributed by atoms with van der Waals surface area (Å²) in [7, 11) is 0. The highest BCUT2D eigenvalue weighted by Gasteiger charge is 2.06. The first-order valence-corrected chi connectivity index (χ1v) is 2.67. The van der Waals surface area contributed by atoms with Gasteiger partial charge in [0, 0.05) is 6.42 Å². The smallest absolute Gasteiger partial charge is 0.234 e. The van der Waals surface area contributed by atoms with E-state index in [9.17, 15) is 9.59 Å². The van der Waals surface area contributed by atoms with Crippen molar-refractivity contribution in [3.8, 4) is 0 Å². The van der Waals surface area contributed by atoms with Gasteiger partial charge in [0.05, 0.1) is 6.04 Å². The minimum absolute atomic E-state index is 0.296. The Morgan fingerprint density at radius 2 is 2.22 bits per heavy atom. The normalized spacial score (nSPS) is 12.6. The molecule has 0 radical (unpaired) electrons. The van der Waals surface area contributed by atoms with Crippen molar-refractivity contribution in [2.75, 3.05) is 0 Å². The molecule has 0 bridgehead atoms. The first-order chi connectivity index (χ1) is 4.18. The first-order valence-electron chi connectivity index (χ1n) is 2.67. The number of aldehydes is 1. The molecule has 9 heavy (non-hydrogen) atoms. The minimum atomic E-state index is -0.671. The third-order valence-corrected chi connectivity index (χ3v) is 0.961. The number of rotatable bonds is 4. The van der Waals surface area contributed by atoms with Crippen molar-refractivity contribution >= 4 is 12.2 Å². The van der Waals surface area contributed by atoms with Crippen LogP contribution >= 0.6 is 0 Å². The molecule has 0 rings (SSSR count). The zero-order valence-electron chi connectivity index (χ0n) is 5.04. The fourth-order valence-corrected chi connectivity index (χ4v) is 0.390. The van der Waals surface area contributed by atoms with Gasteiger partial charge in [-0.1, -0.05) is 0 Å². The van der Waals surface area contributed by atoms with E-state index in [4.69, 9.17) is 11.5 Å². The maximum atomic E-state index is 10.2. The minimum Gasteiger partial charge on any atom is -0.368 e. The van der Waals surface area contributed by atoms with Crippen molar-refractivity contribution in [3.63, 3.8) is 0 Å². The molecule has 0 saturated heterocycles. The maximum absolute atomic E-state index is 10.2. The van der Waals surface area contributed by atoms with Crippen LogP contribution in [0.5, 0.6) is 0 Å². The predicted molar refractivity (Wildman–Crippen MR) is 32.5 cm³/mol. The molecule has 0 aliphatic heterocycles. The highest BCUT2D eigenvalue weighted by Crippen LogP contribution is 1.88. The topological polar surface area (TPSA) is 86.2 Å². The summed E-state index contributed by atoms with van der Waals surface area (Å²) in [6.45, 7) is 0. The lowest BCUT2D eigenvalue weighted by Gasteiger charge is -2.01. The third-order valence-electron chi connectivity index (χ3n) is 0.961. The van der Waals surface area contributed by atoms with Crippen LogP contribution in [0.2, 0.25) is 0 Å². The van der Waals surface area contributed by atoms with Crippen LogP contribution in [0.1, 0.15) is 12.8 Å². The van der Waals surface area contributed by atoms with Gasteiger partial charge in [-0.15, -0.1) is 0 Å². The highest BCUT2D eigenvalue weighted by atomic mass is 16.1. The predicted octanol–water partition coefficient (Wildman–Crippen LogP) is -1.22. The number of hydrogen-bond donors (Lipinski definition) is 2. The average molecular weight is 130 g/mol. The largest absolute Gasteiger partial charge is 0.368 e. The van der Waals surface area contributed by atoms with Gasteiger partial charge in [0.1, 0.15) is 6.29 Å². The van der Waals surface area contributed by atoms with Gasteiger partial charge >= 0.3 is 0 Å². The molecule has 0 aromatic carbocycles. The summed E-state index contributed by atoms with van der Waals surface area (Å²) in [5.74, 6) is -0.558. The number of carbonyl (C=O) groups excluding carboxylic acids is 2. The van der Waals surface area contributed by atoms with Gasteiger partial charge in [0.25, 0.3) is 0 Å². The van der Waals surface area contributed by atoms with E-state index in [1.807, 2.05) is 0 Å². The molecule has 0 aliphatic carbocycles. The molecule has 0 aromatic heterocycles. The fourth-order valence-electron chi connectivity index (χ4n) is 0.390. The SMILES string of the molecule is NC(=O)[C@H](N)CCC=O. The summed E-state index contributed by atoms with van der Waals surface area (Å²) < 4.78 is 0. The van der Waals surface area contributed by atoms with Gasteiger partial charge in [0.2, 0.25) is 5.91 Å². The summed E-state index contributed by atoms with van der Waals surface area (Å²) >= 11 is 0. The van der Waals surface area contributed by atoms with Crippen molar-refractivity contribution in [3.05, 3.63) is 0 Å². The molecule has 0 aromatic rings. The van der Waals surface area contributed by atoms with Gasteiger partial charge < -0.3 is 16.3 Å². The Labute approximate surface area is 53.2 Å². The number of primary amides is 1. The molecule has 0 heterocycles. The van der Waals surface area contributed by atoms with Crippen LogP contribution in [0.15, 0.2) is 0 Å². The second kappa shape index (κ2) is 4.03. The highest BCUT2D eigenvalue weighted by molar-refractivity contribution is 5.79. The number of hydrogen-bond acceptors (Lipinski definition) is 3. The summed E-state index contributed by atoms with van der Waals surface area (Å²) in [4.78, 5) is 19.9. The van der Waals surface area contributed by atoms with E-state index in [1.54, 1.807) is 0 Å². The summed E-state index contributed by atoms with van der Waals surface area (Å²) in [6, 6.07) is -0.671. The van der Waals surface area contributed by atoms with Crippen LogP contribution in [0.25, 0.3) is 0 Å². The number of carbonyl (C=O) groups is 2. The zero-order valence-corrected chi connectivity index (χ0v) is 5.04. The van der Waals surface area contributed by atoms with Crippen molar-refractivity contribution in [1.82, 2.24) is 0 Å². The molecule has 0 unspecified atom stereocenters. The van der Waals surface area contributed by atoms with Crippen LogP contribution in [0, 0.1) is 0 Å². The quantitative estimate of drug-likeness (QED) is 0.467. The molecule has 1 atom stereocenters. The molecular formula is C5H10N2O2. The molecule has 4 nitrogen and oxygen atoms in total. The lowest BCUT2D eigenvalue weighted by atomic mass is 10.2. The Morgan fingerprint density at radius 3 is 2.56 bits per heavy atom. The Bertz CT molecular complexity index is 114. The van der Waals surface area contributed by atoms with E-state index in [0.29, 0.717) is 19.1 Å². The molecule has 1 amide bonds. The summed E-state index contributed by atoms with van der Waals surface area (Å²) in [5.41, 5.74) is 9.97. The Hall–Kier alpha value is -0.900. The Morgan fingerprint density at radius 1 is 1.67 bits per heavy atom. The van der Waals surface area contributed by atoms with Gasteiger partial charge in [-0.2, -0.15) is 0 Å². The monoisotopic (exact) mass is 130 g/mol. The molecule has 52 valence electrons. The molecule has 0 fully saturated rings. The van der Waals surface area contributed by atoms with Crippen LogP contribution in [0.3, 0.4) is 0 Å². The Balaban J connectivity index is 3.37. The molecule has 4 N–H and O–H groups in total. The van der Waals surface area contributed by atoms with Crippen LogP contribution in [-0.2, 0) is 9.59 Å². The third kappa shape index (κ3) is 3.66. The maximum Gasteiger partial charge on any atom is 0.234 e. The van der Waals surface area contributed by atoms with Crippen LogP contribution < -0.4 is 11.5 Å². The van der Waals surface area contributed by atoms with E-state index in [0.717, 1.165) is 0 Å². The molecule has 0 spiro atoms. The lowest BCUT2D eigenvalue weighted by molar-refractivity contribution is -0.119. The van der Waals surface area contributed by atoms with Crippen molar-refractivity contribution < 1.29 is 9.59 Å². The molecule has 0 saturated carbocycles. The summed E-state index contributed by atoms with van der Waals surface area (Å²) in [5, 5.41) is 0. The van der Waals surface area contributed by atoms with Gasteiger partial charge in [0.15, 0.2) is 0 Å². The van der Waals surface area contributed by atoms with Crippen molar-refractivity contribution in [1.29, 1.82) is 0 Å². The van der Waals surface area contributed by atoms with E-state index in [-0.39, 0.29) is 0 Å². The van der Waals surface area contributed by atoms with Gasteiger partial charge in [-0.3, -0.25) is 4.79 Å². The zero-order chi connectivity index (χ0) is 7.28. The van der Waals surface area contributed by atoms with Crippen molar-refractivity contribution in [2.45, 2.75) is 18.9 Å². The van der Waals surface area contributed by atoms with Crippen LogP contribution in [-0.4, -0.2) is 18.2 Å². The second-order valence-electron chi connectivity index (χ2n) is 1.75. The Kier molecular flexibility index (Phi) is 3.62. The van der Waals surface area contributed by atoms with Crippen LogP contribution in [0.4, 0.5) is 0 Å². The first kappa shape index (κ1) is 8.10. The van der Waals surface area contributed by atoms with Crippen molar-refractivity contribution in [2.24, 2.45) is 11.5 Å². The molecule has 4 heteroatoms.